The smallest absolute Gasteiger partial charge is 0.269 e. The monoisotopic (exact) mass is 377 g/mol. The van der Waals surface area contributed by atoms with E-state index in [9.17, 15) is 14.9 Å². The summed E-state index contributed by atoms with van der Waals surface area (Å²) >= 11 is 0. The lowest BCUT2D eigenvalue weighted by Crippen LogP contribution is -2.41. The zero-order chi connectivity index (χ0) is 18.2. The number of non-ortho nitro benzene ring substituents is 1. The van der Waals surface area contributed by atoms with Crippen LogP contribution < -0.4 is 15.8 Å². The Balaban J connectivity index is 0.00000243. The molecule has 0 spiro atoms. The molecule has 1 atom stereocenters. The molecule has 138 valence electrons. The lowest BCUT2D eigenvalue weighted by atomic mass is 9.89. The third-order valence-corrected chi connectivity index (χ3v) is 4.14. The van der Waals surface area contributed by atoms with Crippen LogP contribution in [0, 0.1) is 10.1 Å². The molecule has 1 aliphatic heterocycles. The van der Waals surface area contributed by atoms with E-state index in [1.165, 1.54) is 24.3 Å². The van der Waals surface area contributed by atoms with Crippen molar-refractivity contribution in [3.05, 3.63) is 63.7 Å². The highest BCUT2D eigenvalue weighted by atomic mass is 35.5. The maximum atomic E-state index is 12.5. The maximum absolute atomic E-state index is 12.5. The van der Waals surface area contributed by atoms with Crippen LogP contribution in [-0.2, 0) is 0 Å². The Kier molecular flexibility index (Phi) is 5.41. The van der Waals surface area contributed by atoms with Gasteiger partial charge in [0.15, 0.2) is 0 Å². The van der Waals surface area contributed by atoms with Crippen molar-refractivity contribution in [2.24, 2.45) is 0 Å². The van der Waals surface area contributed by atoms with Crippen molar-refractivity contribution in [2.45, 2.75) is 31.9 Å². The SMILES string of the molecule is CC1(C)CC(NC(=O)c2ccc([N+](=O)[O-])cc2)c2cc(N)ccc2O1.Cl. The molecule has 8 heteroatoms. The van der Waals surface area contributed by atoms with Gasteiger partial charge in [-0.1, -0.05) is 0 Å². The molecule has 1 unspecified atom stereocenters. The Labute approximate surface area is 157 Å². The average Bonchev–Trinajstić information content (AvgIpc) is 2.55. The van der Waals surface area contributed by atoms with Gasteiger partial charge in [-0.2, -0.15) is 0 Å². The molecular formula is C18H20ClN3O4. The topological polar surface area (TPSA) is 107 Å². The Bertz CT molecular complexity index is 837. The van der Waals surface area contributed by atoms with Crippen molar-refractivity contribution >= 4 is 29.7 Å². The highest BCUT2D eigenvalue weighted by Gasteiger charge is 2.34. The summed E-state index contributed by atoms with van der Waals surface area (Å²) < 4.78 is 5.95. The number of nitrogens with zero attached hydrogens (tertiary/aromatic N) is 1. The Hall–Kier alpha value is -2.80. The van der Waals surface area contributed by atoms with E-state index >= 15 is 0 Å². The first-order valence-corrected chi connectivity index (χ1v) is 7.89. The zero-order valence-corrected chi connectivity index (χ0v) is 15.2. The largest absolute Gasteiger partial charge is 0.487 e. The standard InChI is InChI=1S/C18H19N3O4.ClH/c1-18(2)10-15(14-9-12(19)5-8-16(14)25-18)20-17(22)11-3-6-13(7-4-11)21(23)24;/h3-9,15H,10,19H2,1-2H3,(H,20,22);1H. The number of nitrogens with one attached hydrogen (secondary N) is 1. The summed E-state index contributed by atoms with van der Waals surface area (Å²) in [6.07, 6.45) is 0.585. The van der Waals surface area contributed by atoms with Gasteiger partial charge in [-0.25, -0.2) is 0 Å². The van der Waals surface area contributed by atoms with Gasteiger partial charge in [0.1, 0.15) is 11.4 Å². The molecule has 7 nitrogen and oxygen atoms in total. The fraction of sp³-hybridized carbons (Fsp3) is 0.278. The highest BCUT2D eigenvalue weighted by Crippen LogP contribution is 2.40. The molecule has 3 rings (SSSR count). The predicted octanol–water partition coefficient (Wildman–Crippen LogP) is 3.63. The van der Waals surface area contributed by atoms with Crippen LogP contribution in [0.2, 0.25) is 0 Å². The van der Waals surface area contributed by atoms with E-state index in [-0.39, 0.29) is 30.0 Å². The normalized spacial score (nSPS) is 17.2. The third-order valence-electron chi connectivity index (χ3n) is 4.14. The van der Waals surface area contributed by atoms with Crippen molar-refractivity contribution in [1.29, 1.82) is 0 Å². The van der Waals surface area contributed by atoms with E-state index in [1.54, 1.807) is 18.2 Å². The van der Waals surface area contributed by atoms with Crippen LogP contribution >= 0.6 is 12.4 Å². The number of ether oxygens (including phenoxy) is 1. The van der Waals surface area contributed by atoms with Gasteiger partial charge >= 0.3 is 0 Å². The van der Waals surface area contributed by atoms with Crippen molar-refractivity contribution in [3.63, 3.8) is 0 Å². The van der Waals surface area contributed by atoms with Crippen LogP contribution in [0.3, 0.4) is 0 Å². The molecule has 0 saturated heterocycles. The lowest BCUT2D eigenvalue weighted by molar-refractivity contribution is -0.384. The molecule has 0 radical (unpaired) electrons. The number of hydrogen-bond acceptors (Lipinski definition) is 5. The second-order valence-corrected chi connectivity index (χ2v) is 6.69. The molecule has 0 aromatic heterocycles. The number of nitro groups is 1. The highest BCUT2D eigenvalue weighted by molar-refractivity contribution is 5.94. The number of benzene rings is 2. The quantitative estimate of drug-likeness (QED) is 0.482. The molecule has 1 aliphatic rings. The predicted molar refractivity (Wildman–Crippen MR) is 101 cm³/mol. The maximum Gasteiger partial charge on any atom is 0.269 e. The van der Waals surface area contributed by atoms with Gasteiger partial charge < -0.3 is 15.8 Å². The average molecular weight is 378 g/mol. The molecular weight excluding hydrogens is 358 g/mol. The summed E-state index contributed by atoms with van der Waals surface area (Å²) in [6.45, 7) is 3.91. The van der Waals surface area contributed by atoms with Crippen molar-refractivity contribution < 1.29 is 14.5 Å². The summed E-state index contributed by atoms with van der Waals surface area (Å²) in [6, 6.07) is 10.6. The van der Waals surface area contributed by atoms with E-state index in [0.29, 0.717) is 23.4 Å². The first kappa shape index (κ1) is 19.5. The van der Waals surface area contributed by atoms with E-state index in [0.717, 1.165) is 5.56 Å². The number of anilines is 1. The summed E-state index contributed by atoms with van der Waals surface area (Å²) in [5.41, 5.74) is 7.16. The van der Waals surface area contributed by atoms with Crippen LogP contribution in [0.5, 0.6) is 5.75 Å². The number of nitrogen functional groups attached to an aromatic ring is 1. The van der Waals surface area contributed by atoms with Gasteiger partial charge in [0.2, 0.25) is 0 Å². The van der Waals surface area contributed by atoms with Gasteiger partial charge in [0.25, 0.3) is 11.6 Å². The van der Waals surface area contributed by atoms with E-state index in [1.807, 2.05) is 13.8 Å². The second-order valence-electron chi connectivity index (χ2n) is 6.69. The van der Waals surface area contributed by atoms with Gasteiger partial charge in [-0.05, 0) is 44.2 Å². The number of hydrogen-bond donors (Lipinski definition) is 2. The molecule has 0 fully saturated rings. The van der Waals surface area contributed by atoms with Crippen LogP contribution in [-0.4, -0.2) is 16.4 Å². The number of rotatable bonds is 3. The Morgan fingerprint density at radius 3 is 2.54 bits per heavy atom. The first-order chi connectivity index (χ1) is 11.7. The van der Waals surface area contributed by atoms with Crippen molar-refractivity contribution in [3.8, 4) is 5.75 Å². The number of carbonyl (C=O) groups is 1. The number of halogens is 1. The van der Waals surface area contributed by atoms with Gasteiger partial charge in [0, 0.05) is 35.4 Å². The third kappa shape index (κ3) is 4.05. The fourth-order valence-corrected chi connectivity index (χ4v) is 2.98. The second kappa shape index (κ2) is 7.21. The lowest BCUT2D eigenvalue weighted by Gasteiger charge is -2.38. The molecule has 3 N–H and O–H groups in total. The fourth-order valence-electron chi connectivity index (χ4n) is 2.98. The van der Waals surface area contributed by atoms with Crippen molar-refractivity contribution in [2.75, 3.05) is 5.73 Å². The molecule has 26 heavy (non-hydrogen) atoms. The van der Waals surface area contributed by atoms with Crippen LogP contribution in [0.15, 0.2) is 42.5 Å². The van der Waals surface area contributed by atoms with Crippen LogP contribution in [0.25, 0.3) is 0 Å². The first-order valence-electron chi connectivity index (χ1n) is 7.89. The van der Waals surface area contributed by atoms with E-state index in [4.69, 9.17) is 10.5 Å². The minimum Gasteiger partial charge on any atom is -0.487 e. The Morgan fingerprint density at radius 2 is 1.92 bits per heavy atom. The summed E-state index contributed by atoms with van der Waals surface area (Å²) in [5.74, 6) is 0.394. The van der Waals surface area contributed by atoms with Crippen LogP contribution in [0.1, 0.15) is 42.2 Å². The zero-order valence-electron chi connectivity index (χ0n) is 14.4. The van der Waals surface area contributed by atoms with Gasteiger partial charge in [-0.15, -0.1) is 12.4 Å². The number of fused-ring (bicyclic) bond motifs is 1. The van der Waals surface area contributed by atoms with E-state index in [2.05, 4.69) is 5.32 Å². The van der Waals surface area contributed by atoms with E-state index < -0.39 is 10.5 Å². The summed E-state index contributed by atoms with van der Waals surface area (Å²) in [4.78, 5) is 22.8. The molecule has 1 heterocycles. The Morgan fingerprint density at radius 1 is 1.27 bits per heavy atom. The van der Waals surface area contributed by atoms with Gasteiger partial charge in [-0.3, -0.25) is 14.9 Å². The molecule has 2 aromatic carbocycles. The molecule has 0 saturated carbocycles. The molecule has 0 aliphatic carbocycles. The van der Waals surface area contributed by atoms with Crippen LogP contribution in [0.4, 0.5) is 11.4 Å². The summed E-state index contributed by atoms with van der Waals surface area (Å²) in [5, 5.41) is 13.7. The molecule has 0 bridgehead atoms. The minimum absolute atomic E-state index is 0. The minimum atomic E-state index is -0.498. The molecule has 2 aromatic rings. The van der Waals surface area contributed by atoms with Gasteiger partial charge in [0.05, 0.1) is 11.0 Å². The number of amides is 1. The molecule has 1 amide bonds. The number of nitrogens with two attached hydrogens (primary N) is 1. The van der Waals surface area contributed by atoms with Crippen molar-refractivity contribution in [1.82, 2.24) is 5.32 Å². The number of nitro benzene ring substituents is 1. The number of carbonyl (C=O) groups excluding carboxylic acids is 1. The summed E-state index contributed by atoms with van der Waals surface area (Å²) in [7, 11) is 0.